The summed E-state index contributed by atoms with van der Waals surface area (Å²) in [5.41, 5.74) is 0. The molecule has 1 rings (SSSR count). The van der Waals surface area contributed by atoms with Gasteiger partial charge in [-0.05, 0) is 25.5 Å². The minimum Gasteiger partial charge on any atom is -0.385 e. The predicted octanol–water partition coefficient (Wildman–Crippen LogP) is 1.92. The van der Waals surface area contributed by atoms with Crippen LogP contribution in [0.1, 0.15) is 13.3 Å². The monoisotopic (exact) mass is 180 g/mol. The van der Waals surface area contributed by atoms with Crippen LogP contribution in [0.5, 0.6) is 0 Å². The summed E-state index contributed by atoms with van der Waals surface area (Å²) < 4.78 is 4.99. The Hall–Kier alpha value is -1.09. The molecule has 0 bridgehead atoms. The lowest BCUT2D eigenvalue weighted by Gasteiger charge is -2.13. The van der Waals surface area contributed by atoms with Crippen molar-refractivity contribution in [2.24, 2.45) is 0 Å². The van der Waals surface area contributed by atoms with Gasteiger partial charge in [-0.15, -0.1) is 0 Å². The van der Waals surface area contributed by atoms with Gasteiger partial charge in [0, 0.05) is 26.0 Å². The van der Waals surface area contributed by atoms with Gasteiger partial charge in [-0.3, -0.25) is 0 Å². The highest BCUT2D eigenvalue weighted by molar-refractivity contribution is 5.33. The van der Waals surface area contributed by atoms with E-state index in [2.05, 4.69) is 17.2 Å². The summed E-state index contributed by atoms with van der Waals surface area (Å²) in [7, 11) is 1.72. The summed E-state index contributed by atoms with van der Waals surface area (Å²) in [6.07, 6.45) is 2.78. The minimum atomic E-state index is 0.398. The number of hydrogen-bond donors (Lipinski definition) is 1. The lowest BCUT2D eigenvalue weighted by atomic mass is 10.2. The molecule has 0 aliphatic carbocycles. The molecule has 0 aliphatic heterocycles. The predicted molar refractivity (Wildman–Crippen MR) is 53.8 cm³/mol. The third-order valence-corrected chi connectivity index (χ3v) is 1.81. The number of ether oxygens (including phenoxy) is 1. The number of anilines is 1. The Bertz CT molecular complexity index is 226. The number of nitrogens with zero attached hydrogens (tertiary/aromatic N) is 1. The van der Waals surface area contributed by atoms with Crippen LogP contribution in [0.3, 0.4) is 0 Å². The van der Waals surface area contributed by atoms with E-state index in [0.717, 1.165) is 18.8 Å². The highest BCUT2D eigenvalue weighted by Crippen LogP contribution is 2.04. The number of aromatic nitrogens is 1. The van der Waals surface area contributed by atoms with Crippen molar-refractivity contribution in [3.8, 4) is 0 Å². The molecule has 0 fully saturated rings. The first kappa shape index (κ1) is 9.99. The zero-order valence-electron chi connectivity index (χ0n) is 8.16. The van der Waals surface area contributed by atoms with Crippen molar-refractivity contribution in [2.45, 2.75) is 19.4 Å². The molecule has 0 saturated heterocycles. The molecule has 3 nitrogen and oxygen atoms in total. The molecule has 1 aromatic rings. The van der Waals surface area contributed by atoms with Crippen LogP contribution >= 0.6 is 0 Å². The van der Waals surface area contributed by atoms with E-state index >= 15 is 0 Å². The van der Waals surface area contributed by atoms with Crippen molar-refractivity contribution in [1.82, 2.24) is 4.98 Å². The van der Waals surface area contributed by atoms with Gasteiger partial charge in [-0.25, -0.2) is 4.98 Å². The van der Waals surface area contributed by atoms with Gasteiger partial charge in [0.05, 0.1) is 0 Å². The molecular weight excluding hydrogens is 164 g/mol. The van der Waals surface area contributed by atoms with Crippen LogP contribution in [0, 0.1) is 0 Å². The summed E-state index contributed by atoms with van der Waals surface area (Å²) in [4.78, 5) is 4.17. The molecule has 72 valence electrons. The Kier molecular flexibility index (Phi) is 4.26. The molecule has 0 spiro atoms. The van der Waals surface area contributed by atoms with Crippen molar-refractivity contribution in [3.63, 3.8) is 0 Å². The molecule has 0 amide bonds. The second-order valence-electron chi connectivity index (χ2n) is 3.04. The highest BCUT2D eigenvalue weighted by atomic mass is 16.5. The Morgan fingerprint density at radius 3 is 3.00 bits per heavy atom. The Morgan fingerprint density at radius 2 is 2.38 bits per heavy atom. The molecule has 1 heterocycles. The smallest absolute Gasteiger partial charge is 0.126 e. The molecule has 1 unspecified atom stereocenters. The van der Waals surface area contributed by atoms with Crippen LogP contribution in [0.2, 0.25) is 0 Å². The largest absolute Gasteiger partial charge is 0.385 e. The molecule has 1 aromatic heterocycles. The SMILES string of the molecule is COCCC(C)Nc1ccccn1. The van der Waals surface area contributed by atoms with E-state index in [1.165, 1.54) is 0 Å². The van der Waals surface area contributed by atoms with Crippen molar-refractivity contribution >= 4 is 5.82 Å². The van der Waals surface area contributed by atoms with E-state index in [1.807, 2.05) is 18.2 Å². The van der Waals surface area contributed by atoms with Crippen LogP contribution < -0.4 is 5.32 Å². The van der Waals surface area contributed by atoms with Gasteiger partial charge in [0.15, 0.2) is 0 Å². The fourth-order valence-corrected chi connectivity index (χ4v) is 1.07. The second kappa shape index (κ2) is 5.54. The summed E-state index contributed by atoms with van der Waals surface area (Å²) >= 11 is 0. The molecule has 3 heteroatoms. The summed E-state index contributed by atoms with van der Waals surface area (Å²) in [5.74, 6) is 0.922. The van der Waals surface area contributed by atoms with Crippen LogP contribution in [-0.4, -0.2) is 24.7 Å². The highest BCUT2D eigenvalue weighted by Gasteiger charge is 2.00. The summed E-state index contributed by atoms with van der Waals surface area (Å²) in [6.45, 7) is 2.90. The average molecular weight is 180 g/mol. The average Bonchev–Trinajstić information content (AvgIpc) is 2.16. The zero-order valence-corrected chi connectivity index (χ0v) is 8.16. The summed E-state index contributed by atoms with van der Waals surface area (Å²) in [5, 5.41) is 3.29. The van der Waals surface area contributed by atoms with Crippen molar-refractivity contribution in [2.75, 3.05) is 19.0 Å². The molecule has 0 saturated carbocycles. The zero-order chi connectivity index (χ0) is 9.52. The molecule has 1 N–H and O–H groups in total. The maximum atomic E-state index is 4.99. The van der Waals surface area contributed by atoms with Gasteiger partial charge in [0.25, 0.3) is 0 Å². The van der Waals surface area contributed by atoms with Crippen LogP contribution in [0.15, 0.2) is 24.4 Å². The van der Waals surface area contributed by atoms with E-state index in [4.69, 9.17) is 4.74 Å². The Balaban J connectivity index is 2.32. The van der Waals surface area contributed by atoms with Crippen LogP contribution in [0.25, 0.3) is 0 Å². The van der Waals surface area contributed by atoms with Gasteiger partial charge in [0.1, 0.15) is 5.82 Å². The van der Waals surface area contributed by atoms with Gasteiger partial charge in [-0.1, -0.05) is 6.07 Å². The lowest BCUT2D eigenvalue weighted by Crippen LogP contribution is -2.17. The maximum Gasteiger partial charge on any atom is 0.126 e. The third-order valence-electron chi connectivity index (χ3n) is 1.81. The first-order valence-corrected chi connectivity index (χ1v) is 4.49. The number of rotatable bonds is 5. The first-order valence-electron chi connectivity index (χ1n) is 4.49. The third kappa shape index (κ3) is 3.90. The number of methoxy groups -OCH3 is 1. The van der Waals surface area contributed by atoms with E-state index in [0.29, 0.717) is 6.04 Å². The Morgan fingerprint density at radius 1 is 1.54 bits per heavy atom. The summed E-state index contributed by atoms with van der Waals surface area (Å²) in [6, 6.07) is 6.24. The van der Waals surface area contributed by atoms with Gasteiger partial charge < -0.3 is 10.1 Å². The molecule has 13 heavy (non-hydrogen) atoms. The molecule has 1 atom stereocenters. The maximum absolute atomic E-state index is 4.99. The van der Waals surface area contributed by atoms with E-state index < -0.39 is 0 Å². The number of nitrogens with one attached hydrogen (secondary N) is 1. The normalized spacial score (nSPS) is 12.5. The quantitative estimate of drug-likeness (QED) is 0.751. The molecular formula is C10H16N2O. The molecule has 0 aliphatic rings. The fourth-order valence-electron chi connectivity index (χ4n) is 1.07. The van der Waals surface area contributed by atoms with E-state index in [-0.39, 0.29) is 0 Å². The van der Waals surface area contributed by atoms with Gasteiger partial charge in [0.2, 0.25) is 0 Å². The number of pyridine rings is 1. The van der Waals surface area contributed by atoms with E-state index in [9.17, 15) is 0 Å². The van der Waals surface area contributed by atoms with Crippen LogP contribution in [-0.2, 0) is 4.74 Å². The first-order chi connectivity index (χ1) is 6.33. The molecule has 0 radical (unpaired) electrons. The Labute approximate surface area is 79.1 Å². The van der Waals surface area contributed by atoms with Crippen molar-refractivity contribution < 1.29 is 4.74 Å². The lowest BCUT2D eigenvalue weighted by molar-refractivity contribution is 0.191. The number of hydrogen-bond acceptors (Lipinski definition) is 3. The van der Waals surface area contributed by atoms with Gasteiger partial charge >= 0.3 is 0 Å². The topological polar surface area (TPSA) is 34.1 Å². The standard InChI is InChI=1S/C10H16N2O/c1-9(6-8-13-2)12-10-5-3-4-7-11-10/h3-5,7,9H,6,8H2,1-2H3,(H,11,12). The van der Waals surface area contributed by atoms with Crippen LogP contribution in [0.4, 0.5) is 5.82 Å². The van der Waals surface area contributed by atoms with Crippen molar-refractivity contribution in [3.05, 3.63) is 24.4 Å². The minimum absolute atomic E-state index is 0.398. The fraction of sp³-hybridized carbons (Fsp3) is 0.500. The van der Waals surface area contributed by atoms with E-state index in [1.54, 1.807) is 13.3 Å². The van der Waals surface area contributed by atoms with Crippen molar-refractivity contribution in [1.29, 1.82) is 0 Å². The molecule has 0 aromatic carbocycles. The second-order valence-corrected chi connectivity index (χ2v) is 3.04. The van der Waals surface area contributed by atoms with Gasteiger partial charge in [-0.2, -0.15) is 0 Å².